The molecule has 0 heterocycles. The Hall–Kier alpha value is 0.230. The summed E-state index contributed by atoms with van der Waals surface area (Å²) < 4.78 is 1.50. The summed E-state index contributed by atoms with van der Waals surface area (Å²) in [6.45, 7) is 15.2. The molecule has 0 aromatic heterocycles. The Labute approximate surface area is 289 Å². The second kappa shape index (κ2) is 15.0. The third-order valence-electron chi connectivity index (χ3n) is 9.98. The van der Waals surface area contributed by atoms with Crippen LogP contribution in [0.2, 0.25) is 0 Å². The maximum Gasteiger partial charge on any atom is -1.00 e. The van der Waals surface area contributed by atoms with E-state index in [4.69, 9.17) is 0 Å². The van der Waals surface area contributed by atoms with Crippen LogP contribution < -0.4 is 24.8 Å². The molecule has 0 radical (unpaired) electrons. The summed E-state index contributed by atoms with van der Waals surface area (Å²) in [6, 6.07) is 19.2. The molecule has 4 aliphatic carbocycles. The van der Waals surface area contributed by atoms with Crippen LogP contribution in [0.3, 0.4) is 0 Å². The van der Waals surface area contributed by atoms with Crippen molar-refractivity contribution in [2.75, 3.05) is 0 Å². The van der Waals surface area contributed by atoms with Crippen molar-refractivity contribution in [3.63, 3.8) is 0 Å². The Bertz CT molecular complexity index is 1260. The van der Waals surface area contributed by atoms with E-state index < -0.39 is 22.9 Å². The molecule has 2 saturated carbocycles. The van der Waals surface area contributed by atoms with Crippen LogP contribution in [0.1, 0.15) is 135 Å². The van der Waals surface area contributed by atoms with Crippen LogP contribution in [0.15, 0.2) is 59.2 Å². The zero-order valence-electron chi connectivity index (χ0n) is 27.3. The standard InChI is InChI=1S/C21H28P.C17H24P.2ClH.Hf/c1-3-11-19(12-4-1)22(20-13-5-2-6-14-20)21-15-17-9-7-8-10-18(17)16-21;1-16(2,3)18(17(4,5)6)15-11-13-9-7-8-10-14(13)12-15;;;/h7-10,15-16,19-20H,1-6,11-14H2;7-12H,1-6H3;2*1H;/q;;;;+2/p-2. The van der Waals surface area contributed by atoms with Crippen LogP contribution in [0.25, 0.3) is 12.2 Å². The number of hydrogen-bond acceptors (Lipinski definition) is 0. The number of rotatable bonds is 6. The quantitative estimate of drug-likeness (QED) is 0.231. The fourth-order valence-corrected chi connectivity index (χ4v) is 27.4. The Morgan fingerprint density at radius 3 is 1.40 bits per heavy atom. The Balaban J connectivity index is 0.00000212. The molecule has 6 rings (SSSR count). The molecular weight excluding hydrogens is 768 g/mol. The van der Waals surface area contributed by atoms with Gasteiger partial charge in [0, 0.05) is 0 Å². The van der Waals surface area contributed by atoms with Crippen molar-refractivity contribution >= 4 is 28.0 Å². The van der Waals surface area contributed by atoms with Gasteiger partial charge in [-0.1, -0.05) is 0 Å². The predicted octanol–water partition coefficient (Wildman–Crippen LogP) is 6.49. The first-order valence-corrected chi connectivity index (χ1v) is 23.6. The summed E-state index contributed by atoms with van der Waals surface area (Å²) in [5.74, 6) is 0. The minimum atomic E-state index is -1.24. The fourth-order valence-electron chi connectivity index (χ4n) is 8.77. The van der Waals surface area contributed by atoms with E-state index in [-0.39, 0.29) is 40.7 Å². The minimum Gasteiger partial charge on any atom is -1.00 e. The van der Waals surface area contributed by atoms with Crippen molar-refractivity contribution in [3.8, 4) is 0 Å². The van der Waals surface area contributed by atoms with E-state index in [9.17, 15) is 0 Å². The molecule has 2 atom stereocenters. The molecule has 0 spiro atoms. The van der Waals surface area contributed by atoms with Gasteiger partial charge in [0.1, 0.15) is 0 Å². The normalized spacial score (nSPS) is 22.7. The van der Waals surface area contributed by atoms with Gasteiger partial charge in [0.05, 0.1) is 0 Å². The van der Waals surface area contributed by atoms with Crippen LogP contribution >= 0.6 is 15.8 Å². The maximum absolute atomic E-state index is 2.79. The summed E-state index contributed by atoms with van der Waals surface area (Å²) in [5.41, 5.74) is 8.52. The average Bonchev–Trinajstić information content (AvgIpc) is 3.47. The van der Waals surface area contributed by atoms with E-state index >= 15 is 0 Å². The van der Waals surface area contributed by atoms with Gasteiger partial charge in [-0.25, -0.2) is 0 Å². The first-order valence-electron chi connectivity index (χ1n) is 16.6. The number of fused-ring (bicyclic) bond motifs is 2. The Morgan fingerprint density at radius 2 is 0.953 bits per heavy atom. The molecule has 43 heavy (non-hydrogen) atoms. The molecule has 4 aliphatic rings. The van der Waals surface area contributed by atoms with Crippen LogP contribution in [0, 0.1) is 0 Å². The molecule has 5 heteroatoms. The first-order chi connectivity index (χ1) is 19.6. The third kappa shape index (κ3) is 7.70. The van der Waals surface area contributed by atoms with Crippen molar-refractivity contribution < 1.29 is 47.7 Å². The molecular formula is C38H52Cl2HfP2. The summed E-state index contributed by atoms with van der Waals surface area (Å²) in [4.78, 5) is 0. The second-order valence-corrected chi connectivity index (χ2v) is 27.1. The summed E-state index contributed by atoms with van der Waals surface area (Å²) >= 11 is -1.24. The van der Waals surface area contributed by atoms with Gasteiger partial charge in [-0.05, 0) is 0 Å². The topological polar surface area (TPSA) is 0 Å². The molecule has 0 N–H and O–H groups in total. The largest absolute Gasteiger partial charge is 1.00 e. The molecule has 0 saturated heterocycles. The molecule has 0 nitrogen and oxygen atoms in total. The van der Waals surface area contributed by atoms with Gasteiger partial charge in [0.25, 0.3) is 0 Å². The fraction of sp³-hybridized carbons (Fsp3) is 0.579. The Morgan fingerprint density at radius 1 is 0.558 bits per heavy atom. The van der Waals surface area contributed by atoms with Crippen LogP contribution in [0.5, 0.6) is 0 Å². The zero-order valence-corrected chi connectivity index (χ0v) is 34.2. The van der Waals surface area contributed by atoms with Crippen molar-refractivity contribution in [2.45, 2.75) is 135 Å². The van der Waals surface area contributed by atoms with Crippen molar-refractivity contribution in [1.29, 1.82) is 0 Å². The summed E-state index contributed by atoms with van der Waals surface area (Å²) in [7, 11) is -0.326. The van der Waals surface area contributed by atoms with Gasteiger partial charge in [0.15, 0.2) is 0 Å². The monoisotopic (exact) mass is 820 g/mol. The smallest absolute Gasteiger partial charge is 1.00 e. The number of allylic oxidation sites excluding steroid dienone is 2. The van der Waals surface area contributed by atoms with Gasteiger partial charge in [-0.3, -0.25) is 0 Å². The molecule has 232 valence electrons. The SMILES string of the molecule is CC(C)(C)P(C1=Cc2ccccc2[CH]1[Hf+2][CH]1C(P(C2CCCCC2)C2CCCCC2)=Cc2ccccc21)C(C)(C)C.[Cl-].[Cl-]. The van der Waals surface area contributed by atoms with E-state index in [0.29, 0.717) is 10.3 Å². The molecule has 2 aromatic rings. The maximum atomic E-state index is 2.79. The van der Waals surface area contributed by atoms with Gasteiger partial charge < -0.3 is 24.8 Å². The van der Waals surface area contributed by atoms with E-state index in [1.807, 2.05) is 10.6 Å². The molecule has 0 amide bonds. The third-order valence-corrected chi connectivity index (χ3v) is 25.8. The molecule has 0 aliphatic heterocycles. The van der Waals surface area contributed by atoms with Gasteiger partial charge in [-0.2, -0.15) is 0 Å². The number of hydrogen-bond donors (Lipinski definition) is 0. The molecule has 2 aromatic carbocycles. The van der Waals surface area contributed by atoms with Crippen LogP contribution in [-0.2, 0) is 22.9 Å². The second-order valence-electron chi connectivity index (χ2n) is 15.1. The molecule has 0 bridgehead atoms. The Kier molecular flexibility index (Phi) is 12.6. The number of benzene rings is 2. The van der Waals surface area contributed by atoms with Crippen LogP contribution in [-0.4, -0.2) is 21.6 Å². The van der Waals surface area contributed by atoms with Gasteiger partial charge in [0.2, 0.25) is 0 Å². The van der Waals surface area contributed by atoms with E-state index in [1.54, 1.807) is 22.3 Å². The van der Waals surface area contributed by atoms with E-state index in [2.05, 4.69) is 102 Å². The minimum absolute atomic E-state index is 0. The van der Waals surface area contributed by atoms with Crippen LogP contribution in [0.4, 0.5) is 0 Å². The summed E-state index contributed by atoms with van der Waals surface area (Å²) in [6.07, 6.45) is 20.4. The van der Waals surface area contributed by atoms with Gasteiger partial charge >= 0.3 is 267 Å². The van der Waals surface area contributed by atoms with Crippen molar-refractivity contribution in [1.82, 2.24) is 0 Å². The first kappa shape index (κ1) is 36.1. The zero-order chi connectivity index (χ0) is 28.8. The van der Waals surface area contributed by atoms with Gasteiger partial charge in [-0.15, -0.1) is 0 Å². The average molecular weight is 820 g/mol. The van der Waals surface area contributed by atoms with E-state index in [1.165, 1.54) is 64.2 Å². The van der Waals surface area contributed by atoms with E-state index in [0.717, 1.165) is 18.7 Å². The van der Waals surface area contributed by atoms with Crippen molar-refractivity contribution in [3.05, 3.63) is 81.4 Å². The molecule has 2 unspecified atom stereocenters. The number of halogens is 2. The summed E-state index contributed by atoms with van der Waals surface area (Å²) in [5, 5.41) is 4.47. The predicted molar refractivity (Wildman–Crippen MR) is 181 cm³/mol. The van der Waals surface area contributed by atoms with Crippen molar-refractivity contribution in [2.24, 2.45) is 0 Å². The molecule has 2 fully saturated rings.